The summed E-state index contributed by atoms with van der Waals surface area (Å²) in [5.74, 6) is -0.993. The van der Waals surface area contributed by atoms with Gasteiger partial charge >= 0.3 is 5.97 Å². The molecule has 0 aromatic rings. The summed E-state index contributed by atoms with van der Waals surface area (Å²) in [7, 11) is 1.62. The molecule has 0 amide bonds. The van der Waals surface area contributed by atoms with Gasteiger partial charge in [0.1, 0.15) is 6.61 Å². The molecule has 0 spiro atoms. The number of rotatable bonds is 14. The van der Waals surface area contributed by atoms with Crippen LogP contribution in [-0.4, -0.2) is 71.0 Å². The zero-order chi connectivity index (χ0) is 15.1. The summed E-state index contributed by atoms with van der Waals surface area (Å²) in [6, 6.07) is 0. The van der Waals surface area contributed by atoms with Crippen LogP contribution in [0.25, 0.3) is 0 Å². The molecule has 7 nitrogen and oxygen atoms in total. The van der Waals surface area contributed by atoms with Gasteiger partial charge in [-0.1, -0.05) is 0 Å². The molecule has 1 N–H and O–H groups in total. The van der Waals surface area contributed by atoms with Gasteiger partial charge in [-0.05, 0) is 6.92 Å². The van der Waals surface area contributed by atoms with Crippen LogP contribution >= 0.6 is 0 Å². The first-order valence-electron chi connectivity index (χ1n) is 6.42. The number of carbonyl (C=O) groups is 1. The standard InChI is InChI=1S/C13H24O7/c1-12(13(14)15)11-20-10-9-19-8-7-18-6-5-17-4-3-16-2/h11H,3-10H2,1-2H3,(H,14,15). The summed E-state index contributed by atoms with van der Waals surface area (Å²) < 4.78 is 25.5. The highest BCUT2D eigenvalue weighted by atomic mass is 16.6. The number of ether oxygens (including phenoxy) is 5. The van der Waals surface area contributed by atoms with E-state index in [0.29, 0.717) is 52.9 Å². The molecule has 0 heterocycles. The monoisotopic (exact) mass is 292 g/mol. The maximum Gasteiger partial charge on any atom is 0.334 e. The maximum atomic E-state index is 10.4. The molecular weight excluding hydrogens is 268 g/mol. The number of hydrogen-bond acceptors (Lipinski definition) is 6. The van der Waals surface area contributed by atoms with Crippen LogP contribution < -0.4 is 0 Å². The van der Waals surface area contributed by atoms with Crippen LogP contribution in [0.1, 0.15) is 6.92 Å². The van der Waals surface area contributed by atoms with E-state index in [2.05, 4.69) is 0 Å². The molecule has 20 heavy (non-hydrogen) atoms. The lowest BCUT2D eigenvalue weighted by atomic mass is 10.3. The van der Waals surface area contributed by atoms with Crippen molar-refractivity contribution in [3.05, 3.63) is 11.8 Å². The van der Waals surface area contributed by atoms with Gasteiger partial charge in [-0.25, -0.2) is 4.79 Å². The van der Waals surface area contributed by atoms with Crippen molar-refractivity contribution >= 4 is 5.97 Å². The van der Waals surface area contributed by atoms with Crippen LogP contribution in [0, 0.1) is 0 Å². The largest absolute Gasteiger partial charge is 0.498 e. The Bertz CT molecular complexity index is 265. The molecular formula is C13H24O7. The lowest BCUT2D eigenvalue weighted by molar-refractivity contribution is -0.132. The van der Waals surface area contributed by atoms with E-state index in [0.717, 1.165) is 0 Å². The third-order valence-corrected chi connectivity index (χ3v) is 2.12. The Labute approximate surface area is 119 Å². The molecule has 0 saturated heterocycles. The minimum absolute atomic E-state index is 0.154. The van der Waals surface area contributed by atoms with Crippen molar-refractivity contribution in [1.29, 1.82) is 0 Å². The molecule has 0 aliphatic carbocycles. The quantitative estimate of drug-likeness (QED) is 0.286. The van der Waals surface area contributed by atoms with E-state index in [4.69, 9.17) is 28.8 Å². The number of carboxylic acids is 1. The van der Waals surface area contributed by atoms with E-state index in [1.807, 2.05) is 0 Å². The molecule has 0 atom stereocenters. The van der Waals surface area contributed by atoms with Crippen LogP contribution in [0.4, 0.5) is 0 Å². The lowest BCUT2D eigenvalue weighted by Crippen LogP contribution is -2.12. The van der Waals surface area contributed by atoms with Crippen LogP contribution in [-0.2, 0) is 28.5 Å². The highest BCUT2D eigenvalue weighted by Gasteiger charge is 1.98. The second-order valence-electron chi connectivity index (χ2n) is 3.81. The summed E-state index contributed by atoms with van der Waals surface area (Å²) in [6.07, 6.45) is 1.21. The fourth-order valence-corrected chi connectivity index (χ4v) is 1.03. The Morgan fingerprint density at radius 1 is 0.900 bits per heavy atom. The Balaban J connectivity index is 3.14. The average molecular weight is 292 g/mol. The smallest absolute Gasteiger partial charge is 0.334 e. The van der Waals surface area contributed by atoms with Crippen molar-refractivity contribution in [3.63, 3.8) is 0 Å². The highest BCUT2D eigenvalue weighted by molar-refractivity contribution is 5.85. The predicted octanol–water partition coefficient (Wildman–Crippen LogP) is 0.688. The van der Waals surface area contributed by atoms with E-state index in [1.54, 1.807) is 7.11 Å². The first kappa shape index (κ1) is 18.9. The summed E-state index contributed by atoms with van der Waals surface area (Å²) >= 11 is 0. The van der Waals surface area contributed by atoms with Gasteiger partial charge in [0.2, 0.25) is 0 Å². The SMILES string of the molecule is COCCOCCOCCOCCOC=C(C)C(=O)O. The number of aliphatic carboxylic acids is 1. The second-order valence-corrected chi connectivity index (χ2v) is 3.81. The van der Waals surface area contributed by atoms with Crippen molar-refractivity contribution in [2.75, 3.05) is 60.0 Å². The minimum Gasteiger partial charge on any atom is -0.498 e. The molecule has 0 aliphatic rings. The first-order chi connectivity index (χ1) is 9.68. The number of hydrogen-bond donors (Lipinski definition) is 1. The van der Waals surface area contributed by atoms with Gasteiger partial charge in [-0.15, -0.1) is 0 Å². The van der Waals surface area contributed by atoms with Gasteiger partial charge in [-0.2, -0.15) is 0 Å². The first-order valence-corrected chi connectivity index (χ1v) is 6.42. The molecule has 0 aromatic carbocycles. The average Bonchev–Trinajstić information content (AvgIpc) is 2.43. The van der Waals surface area contributed by atoms with Gasteiger partial charge in [0.15, 0.2) is 0 Å². The van der Waals surface area contributed by atoms with Crippen molar-refractivity contribution in [2.45, 2.75) is 6.92 Å². The van der Waals surface area contributed by atoms with E-state index in [9.17, 15) is 4.79 Å². The maximum absolute atomic E-state index is 10.4. The molecule has 0 fully saturated rings. The van der Waals surface area contributed by atoms with Crippen LogP contribution in [0.2, 0.25) is 0 Å². The van der Waals surface area contributed by atoms with E-state index in [-0.39, 0.29) is 5.57 Å². The van der Waals surface area contributed by atoms with Crippen LogP contribution in [0.15, 0.2) is 11.8 Å². The second kappa shape index (κ2) is 14.3. The van der Waals surface area contributed by atoms with Gasteiger partial charge in [0.25, 0.3) is 0 Å². The highest BCUT2D eigenvalue weighted by Crippen LogP contribution is 1.92. The summed E-state index contributed by atoms with van der Waals surface area (Å²) in [5.41, 5.74) is 0.154. The molecule has 0 rings (SSSR count). The third kappa shape index (κ3) is 13.3. The molecule has 0 radical (unpaired) electrons. The van der Waals surface area contributed by atoms with Gasteiger partial charge in [0, 0.05) is 7.11 Å². The summed E-state index contributed by atoms with van der Waals surface area (Å²) in [4.78, 5) is 10.4. The zero-order valence-corrected chi connectivity index (χ0v) is 12.1. The zero-order valence-electron chi connectivity index (χ0n) is 12.1. The lowest BCUT2D eigenvalue weighted by Gasteiger charge is -2.06. The van der Waals surface area contributed by atoms with Crippen LogP contribution in [0.3, 0.4) is 0 Å². The van der Waals surface area contributed by atoms with Gasteiger partial charge < -0.3 is 28.8 Å². The number of methoxy groups -OCH3 is 1. The molecule has 118 valence electrons. The molecule has 0 aliphatic heterocycles. The molecule has 0 aromatic heterocycles. The fourth-order valence-electron chi connectivity index (χ4n) is 1.03. The van der Waals surface area contributed by atoms with Crippen molar-refractivity contribution in [2.24, 2.45) is 0 Å². The molecule has 7 heteroatoms. The topological polar surface area (TPSA) is 83.5 Å². The number of carboxylic acid groups (broad SMARTS) is 1. The minimum atomic E-state index is -0.993. The van der Waals surface area contributed by atoms with Gasteiger partial charge in [-0.3, -0.25) is 0 Å². The van der Waals surface area contributed by atoms with Crippen molar-refractivity contribution in [1.82, 2.24) is 0 Å². The third-order valence-electron chi connectivity index (χ3n) is 2.12. The predicted molar refractivity (Wildman–Crippen MR) is 71.7 cm³/mol. The Morgan fingerprint density at radius 2 is 1.35 bits per heavy atom. The molecule has 0 unspecified atom stereocenters. The van der Waals surface area contributed by atoms with E-state index >= 15 is 0 Å². The normalized spacial score (nSPS) is 11.6. The summed E-state index contributed by atoms with van der Waals surface area (Å²) in [6.45, 7) is 5.31. The van der Waals surface area contributed by atoms with Crippen molar-refractivity contribution < 1.29 is 33.6 Å². The van der Waals surface area contributed by atoms with Crippen LogP contribution in [0.5, 0.6) is 0 Å². The Morgan fingerprint density at radius 3 is 1.80 bits per heavy atom. The molecule has 0 saturated carbocycles. The fraction of sp³-hybridized carbons (Fsp3) is 0.769. The van der Waals surface area contributed by atoms with E-state index < -0.39 is 5.97 Å². The summed E-state index contributed by atoms with van der Waals surface area (Å²) in [5, 5.41) is 8.56. The Kier molecular flexibility index (Phi) is 13.4. The Hall–Kier alpha value is -1.15. The van der Waals surface area contributed by atoms with Gasteiger partial charge in [0.05, 0.1) is 58.1 Å². The van der Waals surface area contributed by atoms with E-state index in [1.165, 1.54) is 13.2 Å². The molecule has 0 bridgehead atoms. The van der Waals surface area contributed by atoms with Crippen molar-refractivity contribution in [3.8, 4) is 0 Å².